The monoisotopic (exact) mass is 453 g/mol. The van der Waals surface area contributed by atoms with Crippen LogP contribution in [0.15, 0.2) is 53.4 Å². The fraction of sp³-hybridized carbons (Fsp3) is 0.348. The fourth-order valence-corrected chi connectivity index (χ4v) is 4.99. The summed E-state index contributed by atoms with van der Waals surface area (Å²) in [6.45, 7) is 5.35. The molecule has 0 unspecified atom stereocenters. The van der Waals surface area contributed by atoms with Crippen molar-refractivity contribution in [1.29, 1.82) is 0 Å². The summed E-state index contributed by atoms with van der Waals surface area (Å²) >= 11 is 0. The van der Waals surface area contributed by atoms with Crippen molar-refractivity contribution >= 4 is 38.6 Å². The second kappa shape index (κ2) is 8.84. The average Bonchev–Trinajstić information content (AvgIpc) is 3.32. The zero-order valence-electron chi connectivity index (χ0n) is 18.4. The van der Waals surface area contributed by atoms with E-state index in [0.717, 1.165) is 31.4 Å². The average molecular weight is 454 g/mol. The van der Waals surface area contributed by atoms with Crippen LogP contribution >= 0.6 is 0 Å². The Labute approximate surface area is 188 Å². The molecule has 1 aromatic heterocycles. The summed E-state index contributed by atoms with van der Waals surface area (Å²) in [6, 6.07) is 13.3. The summed E-state index contributed by atoms with van der Waals surface area (Å²) in [4.78, 5) is 24.6. The van der Waals surface area contributed by atoms with Crippen molar-refractivity contribution in [3.05, 3.63) is 54.1 Å². The number of fused-ring (bicyclic) bond motifs is 1. The van der Waals surface area contributed by atoms with Gasteiger partial charge in [0, 0.05) is 31.7 Å². The van der Waals surface area contributed by atoms with E-state index in [1.54, 1.807) is 7.05 Å². The number of nitrogens with one attached hydrogen (secondary N) is 1. The largest absolute Gasteiger partial charge is 0.354 e. The molecular weight excluding hydrogens is 426 g/mol. The second-order valence-corrected chi connectivity index (χ2v) is 10.2. The Bertz CT molecular complexity index is 1240. The highest BCUT2D eigenvalue weighted by Gasteiger charge is 2.24. The normalized spacial score (nSPS) is 14.5. The third-order valence-electron chi connectivity index (χ3n) is 5.71. The highest BCUT2D eigenvalue weighted by Crippen LogP contribution is 2.28. The number of hydrogen-bond donors (Lipinski definition) is 1. The SMILES string of the molecule is CC(C)N(C)S(=O)(=O)c1ccc(C(=O)Nc2nc3ccccc3nc2N2CCCC2)cc1. The van der Waals surface area contributed by atoms with Crippen LogP contribution in [0.4, 0.5) is 11.6 Å². The van der Waals surface area contributed by atoms with Gasteiger partial charge in [-0.3, -0.25) is 4.79 Å². The van der Waals surface area contributed by atoms with Gasteiger partial charge in [0.05, 0.1) is 15.9 Å². The Hall–Kier alpha value is -3.04. The van der Waals surface area contributed by atoms with E-state index >= 15 is 0 Å². The van der Waals surface area contributed by atoms with E-state index in [1.165, 1.54) is 28.6 Å². The molecule has 0 saturated carbocycles. The number of hydrogen-bond acceptors (Lipinski definition) is 6. The van der Waals surface area contributed by atoms with Crippen molar-refractivity contribution in [2.45, 2.75) is 37.6 Å². The Morgan fingerprint density at radius 2 is 1.59 bits per heavy atom. The molecule has 2 heterocycles. The smallest absolute Gasteiger partial charge is 0.256 e. The van der Waals surface area contributed by atoms with Gasteiger partial charge in [-0.2, -0.15) is 4.31 Å². The second-order valence-electron chi connectivity index (χ2n) is 8.17. The minimum Gasteiger partial charge on any atom is -0.354 e. The lowest BCUT2D eigenvalue weighted by molar-refractivity contribution is 0.102. The molecule has 0 atom stereocenters. The summed E-state index contributed by atoms with van der Waals surface area (Å²) in [5.41, 5.74) is 1.82. The lowest BCUT2D eigenvalue weighted by atomic mass is 10.2. The molecule has 9 heteroatoms. The van der Waals surface area contributed by atoms with Crippen LogP contribution in [-0.4, -0.2) is 54.8 Å². The topological polar surface area (TPSA) is 95.5 Å². The van der Waals surface area contributed by atoms with E-state index in [2.05, 4.69) is 15.2 Å². The zero-order chi connectivity index (χ0) is 22.9. The zero-order valence-corrected chi connectivity index (χ0v) is 19.3. The molecule has 1 N–H and O–H groups in total. The Morgan fingerprint density at radius 1 is 1.00 bits per heavy atom. The molecule has 2 aromatic carbocycles. The van der Waals surface area contributed by atoms with Crippen LogP contribution < -0.4 is 10.2 Å². The van der Waals surface area contributed by atoms with Gasteiger partial charge in [-0.1, -0.05) is 12.1 Å². The van der Waals surface area contributed by atoms with Gasteiger partial charge in [0.15, 0.2) is 11.6 Å². The number of amides is 1. The highest BCUT2D eigenvalue weighted by molar-refractivity contribution is 7.89. The van der Waals surface area contributed by atoms with Gasteiger partial charge in [0.1, 0.15) is 0 Å². The molecule has 0 bridgehead atoms. The predicted octanol–water partition coefficient (Wildman–Crippen LogP) is 3.51. The molecule has 8 nitrogen and oxygen atoms in total. The molecule has 1 amide bonds. The van der Waals surface area contributed by atoms with Gasteiger partial charge in [-0.25, -0.2) is 18.4 Å². The Balaban J connectivity index is 1.62. The predicted molar refractivity (Wildman–Crippen MR) is 125 cm³/mol. The van der Waals surface area contributed by atoms with Crippen LogP contribution in [0.2, 0.25) is 0 Å². The first kappa shape index (κ1) is 22.2. The Morgan fingerprint density at radius 3 is 2.19 bits per heavy atom. The summed E-state index contributed by atoms with van der Waals surface area (Å²) in [6.07, 6.45) is 2.14. The molecule has 4 rings (SSSR count). The maximum atomic E-state index is 13.0. The number of para-hydroxylation sites is 2. The molecule has 1 aliphatic heterocycles. The van der Waals surface area contributed by atoms with Crippen LogP contribution in [0, 0.1) is 0 Å². The molecule has 1 aliphatic rings. The van der Waals surface area contributed by atoms with Crippen LogP contribution in [0.25, 0.3) is 11.0 Å². The third kappa shape index (κ3) is 4.31. The van der Waals surface area contributed by atoms with E-state index in [-0.39, 0.29) is 16.8 Å². The van der Waals surface area contributed by atoms with Gasteiger partial charge < -0.3 is 10.2 Å². The number of benzene rings is 2. The number of rotatable bonds is 6. The van der Waals surface area contributed by atoms with Crippen LogP contribution in [-0.2, 0) is 10.0 Å². The molecule has 0 spiro atoms. The van der Waals surface area contributed by atoms with E-state index in [1.807, 2.05) is 38.1 Å². The summed E-state index contributed by atoms with van der Waals surface area (Å²) in [7, 11) is -2.07. The lowest BCUT2D eigenvalue weighted by Crippen LogP contribution is -2.33. The number of carbonyl (C=O) groups excluding carboxylic acids is 1. The standard InChI is InChI=1S/C23H27N5O3S/c1-16(2)27(3)32(30,31)18-12-10-17(11-13-18)23(29)26-21-22(28-14-6-7-15-28)25-20-9-5-4-8-19(20)24-21/h4-5,8-13,16H,6-7,14-15H2,1-3H3,(H,24,26,29). The number of carbonyl (C=O) groups is 1. The maximum Gasteiger partial charge on any atom is 0.256 e. The van der Waals surface area contributed by atoms with E-state index in [4.69, 9.17) is 4.98 Å². The molecule has 0 radical (unpaired) electrons. The lowest BCUT2D eigenvalue weighted by Gasteiger charge is -2.21. The fourth-order valence-electron chi connectivity index (χ4n) is 3.63. The number of sulfonamides is 1. The van der Waals surface area contributed by atoms with Crippen molar-refractivity contribution < 1.29 is 13.2 Å². The van der Waals surface area contributed by atoms with Crippen LogP contribution in [0.3, 0.4) is 0 Å². The maximum absolute atomic E-state index is 13.0. The third-order valence-corrected chi connectivity index (χ3v) is 7.76. The summed E-state index contributed by atoms with van der Waals surface area (Å²) < 4.78 is 26.6. The van der Waals surface area contributed by atoms with Gasteiger partial charge in [-0.15, -0.1) is 0 Å². The van der Waals surface area contributed by atoms with Crippen molar-refractivity contribution in [2.75, 3.05) is 30.4 Å². The minimum absolute atomic E-state index is 0.147. The van der Waals surface area contributed by atoms with Crippen molar-refractivity contribution in [1.82, 2.24) is 14.3 Å². The van der Waals surface area contributed by atoms with Crippen molar-refractivity contribution in [2.24, 2.45) is 0 Å². The van der Waals surface area contributed by atoms with Crippen molar-refractivity contribution in [3.63, 3.8) is 0 Å². The van der Waals surface area contributed by atoms with Gasteiger partial charge in [-0.05, 0) is 63.1 Å². The number of nitrogens with zero attached hydrogens (tertiary/aromatic N) is 4. The summed E-state index contributed by atoms with van der Waals surface area (Å²) in [5, 5.41) is 2.88. The molecule has 1 fully saturated rings. The van der Waals surface area contributed by atoms with E-state index in [9.17, 15) is 13.2 Å². The minimum atomic E-state index is -3.61. The molecule has 0 aliphatic carbocycles. The summed E-state index contributed by atoms with van der Waals surface area (Å²) in [5.74, 6) is 0.704. The van der Waals surface area contributed by atoms with Gasteiger partial charge >= 0.3 is 0 Å². The first-order valence-corrected chi connectivity index (χ1v) is 12.1. The molecule has 1 saturated heterocycles. The first-order chi connectivity index (χ1) is 15.3. The van der Waals surface area contributed by atoms with Gasteiger partial charge in [0.25, 0.3) is 5.91 Å². The quantitative estimate of drug-likeness (QED) is 0.614. The van der Waals surface area contributed by atoms with Gasteiger partial charge in [0.2, 0.25) is 10.0 Å². The molecule has 168 valence electrons. The van der Waals surface area contributed by atoms with E-state index < -0.39 is 10.0 Å². The van der Waals surface area contributed by atoms with Crippen molar-refractivity contribution in [3.8, 4) is 0 Å². The van der Waals surface area contributed by atoms with E-state index in [0.29, 0.717) is 22.7 Å². The molecular formula is C23H27N5O3S. The first-order valence-electron chi connectivity index (χ1n) is 10.7. The number of anilines is 2. The molecule has 32 heavy (non-hydrogen) atoms. The number of aromatic nitrogens is 2. The Kier molecular flexibility index (Phi) is 6.12. The highest BCUT2D eigenvalue weighted by atomic mass is 32.2. The molecule has 3 aromatic rings. The van der Waals surface area contributed by atoms with Crippen LogP contribution in [0.1, 0.15) is 37.0 Å². The van der Waals surface area contributed by atoms with Crippen LogP contribution in [0.5, 0.6) is 0 Å².